The Morgan fingerprint density at radius 1 is 1.03 bits per heavy atom. The Bertz CT molecular complexity index is 644. The summed E-state index contributed by atoms with van der Waals surface area (Å²) in [5, 5.41) is 30.0. The Morgan fingerprint density at radius 3 is 2.53 bits per heavy atom. The number of hydrogen-bond donors (Lipinski definition) is 3. The second-order valence-corrected chi connectivity index (χ2v) is 12.2. The van der Waals surface area contributed by atoms with E-state index in [1.54, 1.807) is 0 Å². The summed E-state index contributed by atoms with van der Waals surface area (Å²) in [5.41, 5.74) is 2.00. The van der Waals surface area contributed by atoms with E-state index in [1.165, 1.54) is 50.5 Å². The van der Waals surface area contributed by atoms with Crippen LogP contribution in [0.2, 0.25) is 0 Å². The van der Waals surface area contributed by atoms with Crippen LogP contribution in [0, 0.1) is 46.3 Å². The lowest BCUT2D eigenvalue weighted by Gasteiger charge is -2.59. The predicted octanol–water partition coefficient (Wildman–Crippen LogP) is 5.33. The van der Waals surface area contributed by atoms with E-state index in [0.717, 1.165) is 36.5 Å². The predicted molar refractivity (Wildman–Crippen MR) is 122 cm³/mol. The summed E-state index contributed by atoms with van der Waals surface area (Å²) in [4.78, 5) is 0. The van der Waals surface area contributed by atoms with E-state index < -0.39 is 12.2 Å². The van der Waals surface area contributed by atoms with Crippen molar-refractivity contribution in [2.24, 2.45) is 46.3 Å². The molecule has 4 rings (SSSR count). The van der Waals surface area contributed by atoms with Crippen molar-refractivity contribution < 1.29 is 15.3 Å². The Labute approximate surface area is 184 Å². The van der Waals surface area contributed by atoms with Gasteiger partial charge in [-0.2, -0.15) is 0 Å². The highest BCUT2D eigenvalue weighted by atomic mass is 16.3. The van der Waals surface area contributed by atoms with Gasteiger partial charge in [0.2, 0.25) is 0 Å². The zero-order valence-electron chi connectivity index (χ0n) is 19.8. The van der Waals surface area contributed by atoms with Crippen molar-refractivity contribution in [1.29, 1.82) is 0 Å². The van der Waals surface area contributed by atoms with Crippen LogP contribution in [0.1, 0.15) is 91.9 Å². The SMILES string of the molecule is CC(CO)CCCC(C)[C@H]1CC[C@H]2[C@@H]3CC=C4C[C@@H](O)C(O)C[C@]4(C)[C@H]3CC[C@]12C. The maximum absolute atomic E-state index is 10.5. The van der Waals surface area contributed by atoms with Crippen LogP contribution >= 0.6 is 0 Å². The molecule has 30 heavy (non-hydrogen) atoms. The smallest absolute Gasteiger partial charge is 0.0836 e. The molecule has 10 atom stereocenters. The molecule has 0 aromatic carbocycles. The van der Waals surface area contributed by atoms with Crippen LogP contribution in [0.4, 0.5) is 0 Å². The summed E-state index contributed by atoms with van der Waals surface area (Å²) in [6, 6.07) is 0. The van der Waals surface area contributed by atoms with Gasteiger partial charge in [0, 0.05) is 6.61 Å². The molecule has 0 radical (unpaired) electrons. The molecule has 3 unspecified atom stereocenters. The monoisotopic (exact) mass is 418 g/mol. The molecule has 0 aliphatic heterocycles. The molecule has 0 amide bonds. The molecule has 4 aliphatic rings. The Morgan fingerprint density at radius 2 is 1.80 bits per heavy atom. The lowest BCUT2D eigenvalue weighted by Crippen LogP contribution is -2.53. The van der Waals surface area contributed by atoms with Crippen molar-refractivity contribution in [3.63, 3.8) is 0 Å². The van der Waals surface area contributed by atoms with E-state index in [9.17, 15) is 15.3 Å². The van der Waals surface area contributed by atoms with Gasteiger partial charge < -0.3 is 15.3 Å². The third kappa shape index (κ3) is 3.71. The summed E-state index contributed by atoms with van der Waals surface area (Å²) in [6.45, 7) is 9.98. The molecule has 172 valence electrons. The zero-order chi connectivity index (χ0) is 21.7. The first-order valence-electron chi connectivity index (χ1n) is 12.9. The van der Waals surface area contributed by atoms with E-state index in [2.05, 4.69) is 33.8 Å². The molecule has 0 spiro atoms. The van der Waals surface area contributed by atoms with Crippen molar-refractivity contribution >= 4 is 0 Å². The van der Waals surface area contributed by atoms with Crippen molar-refractivity contribution in [2.45, 2.75) is 104 Å². The quantitative estimate of drug-likeness (QED) is 0.511. The van der Waals surface area contributed by atoms with Gasteiger partial charge in [0.15, 0.2) is 0 Å². The molecule has 3 nitrogen and oxygen atoms in total. The third-order valence-electron chi connectivity index (χ3n) is 10.6. The summed E-state index contributed by atoms with van der Waals surface area (Å²) in [5.74, 6) is 4.31. The first-order valence-corrected chi connectivity index (χ1v) is 12.9. The maximum atomic E-state index is 10.5. The van der Waals surface area contributed by atoms with Gasteiger partial charge >= 0.3 is 0 Å². The van der Waals surface area contributed by atoms with E-state index in [1.807, 2.05) is 0 Å². The molecule has 0 bridgehead atoms. The molecular weight excluding hydrogens is 372 g/mol. The molecule has 3 heteroatoms. The normalized spacial score (nSPS) is 47.6. The highest BCUT2D eigenvalue weighted by Crippen LogP contribution is 2.67. The van der Waals surface area contributed by atoms with Gasteiger partial charge in [0.1, 0.15) is 0 Å². The minimum absolute atomic E-state index is 0.0903. The van der Waals surface area contributed by atoms with Gasteiger partial charge in [0.25, 0.3) is 0 Å². The molecule has 0 heterocycles. The van der Waals surface area contributed by atoms with Crippen LogP contribution in [0.15, 0.2) is 11.6 Å². The zero-order valence-corrected chi connectivity index (χ0v) is 19.8. The standard InChI is InChI=1S/C27H46O3/c1-17(16-28)6-5-7-18(2)21-10-11-22-20-9-8-19-14-24(29)25(30)15-27(19,4)23(20)12-13-26(21,22)3/h8,17-18,20-25,28-30H,5-7,9-16H2,1-4H3/t17?,18?,20-,21+,22-,23-,24+,25?,26+,27-/m0/s1. The molecule has 3 fully saturated rings. The fourth-order valence-electron chi connectivity index (χ4n) is 8.74. The first-order chi connectivity index (χ1) is 14.2. The summed E-state index contributed by atoms with van der Waals surface area (Å²) >= 11 is 0. The third-order valence-corrected chi connectivity index (χ3v) is 10.6. The maximum Gasteiger partial charge on any atom is 0.0836 e. The fourth-order valence-corrected chi connectivity index (χ4v) is 8.74. The van der Waals surface area contributed by atoms with Gasteiger partial charge in [-0.05, 0) is 97.7 Å². The Balaban J connectivity index is 1.47. The van der Waals surface area contributed by atoms with Crippen LogP contribution < -0.4 is 0 Å². The molecule has 0 saturated heterocycles. The lowest BCUT2D eigenvalue weighted by molar-refractivity contribution is -0.0889. The number of rotatable bonds is 6. The number of hydrogen-bond acceptors (Lipinski definition) is 3. The average molecular weight is 419 g/mol. The number of allylic oxidation sites excluding steroid dienone is 1. The van der Waals surface area contributed by atoms with Crippen molar-refractivity contribution in [2.75, 3.05) is 6.61 Å². The minimum Gasteiger partial charge on any atom is -0.396 e. The molecule has 0 aromatic rings. The Hall–Kier alpha value is -0.380. The van der Waals surface area contributed by atoms with Crippen LogP contribution in [0.5, 0.6) is 0 Å². The summed E-state index contributed by atoms with van der Waals surface area (Å²) in [6.07, 6.45) is 13.0. The number of aliphatic hydroxyl groups is 3. The van der Waals surface area contributed by atoms with Crippen LogP contribution in [-0.2, 0) is 0 Å². The highest BCUT2D eigenvalue weighted by Gasteiger charge is 2.59. The second-order valence-electron chi connectivity index (χ2n) is 12.2. The van der Waals surface area contributed by atoms with Crippen LogP contribution in [0.3, 0.4) is 0 Å². The van der Waals surface area contributed by atoms with E-state index in [4.69, 9.17) is 0 Å². The second kappa shape index (κ2) is 8.52. The van der Waals surface area contributed by atoms with E-state index in [0.29, 0.717) is 30.3 Å². The number of fused-ring (bicyclic) bond motifs is 5. The largest absolute Gasteiger partial charge is 0.396 e. The summed E-state index contributed by atoms with van der Waals surface area (Å²) in [7, 11) is 0. The van der Waals surface area contributed by atoms with Crippen molar-refractivity contribution in [1.82, 2.24) is 0 Å². The van der Waals surface area contributed by atoms with Crippen LogP contribution in [-0.4, -0.2) is 34.1 Å². The molecule has 0 aromatic heterocycles. The Kier molecular flexibility index (Phi) is 6.48. The molecule has 3 N–H and O–H groups in total. The topological polar surface area (TPSA) is 60.7 Å². The summed E-state index contributed by atoms with van der Waals surface area (Å²) < 4.78 is 0. The highest BCUT2D eigenvalue weighted by molar-refractivity contribution is 5.26. The van der Waals surface area contributed by atoms with Crippen molar-refractivity contribution in [3.05, 3.63) is 11.6 Å². The molecular formula is C27H46O3. The number of aliphatic hydroxyl groups excluding tert-OH is 3. The van der Waals surface area contributed by atoms with E-state index in [-0.39, 0.29) is 5.41 Å². The molecule has 3 saturated carbocycles. The molecule has 4 aliphatic carbocycles. The van der Waals surface area contributed by atoms with Crippen molar-refractivity contribution in [3.8, 4) is 0 Å². The van der Waals surface area contributed by atoms with Gasteiger partial charge in [-0.1, -0.05) is 52.2 Å². The van der Waals surface area contributed by atoms with Gasteiger partial charge in [-0.25, -0.2) is 0 Å². The van der Waals surface area contributed by atoms with Gasteiger partial charge in [-0.3, -0.25) is 0 Å². The lowest BCUT2D eigenvalue weighted by atomic mass is 9.46. The van der Waals surface area contributed by atoms with Gasteiger partial charge in [0.05, 0.1) is 12.2 Å². The van der Waals surface area contributed by atoms with E-state index >= 15 is 0 Å². The fraction of sp³-hybridized carbons (Fsp3) is 0.926. The minimum atomic E-state index is -0.569. The van der Waals surface area contributed by atoms with Gasteiger partial charge in [-0.15, -0.1) is 0 Å². The van der Waals surface area contributed by atoms with Crippen LogP contribution in [0.25, 0.3) is 0 Å². The average Bonchev–Trinajstić information content (AvgIpc) is 3.06. The first kappa shape index (κ1) is 22.8.